The number of unbranched alkanes of at least 4 members (excludes halogenated alkanes) is 36. The van der Waals surface area contributed by atoms with Crippen LogP contribution in [0, 0.1) is 0 Å². The van der Waals surface area contributed by atoms with Gasteiger partial charge in [-0.25, -0.2) is 0 Å². The van der Waals surface area contributed by atoms with Crippen molar-refractivity contribution in [1.82, 2.24) is 0 Å². The summed E-state index contributed by atoms with van der Waals surface area (Å²) in [4.78, 5) is 38.0. The van der Waals surface area contributed by atoms with Crippen LogP contribution in [0.5, 0.6) is 0 Å². The van der Waals surface area contributed by atoms with E-state index in [1.807, 2.05) is 6.08 Å². The maximum absolute atomic E-state index is 12.8. The van der Waals surface area contributed by atoms with Crippen molar-refractivity contribution in [2.45, 2.75) is 322 Å². The Kier molecular flexibility index (Phi) is 55.7. The molecule has 69 heavy (non-hydrogen) atoms. The number of allylic oxidation sites excluding steroid dienone is 8. The monoisotopic (exact) mass is 967 g/mol. The first-order valence-electron chi connectivity index (χ1n) is 30.1. The van der Waals surface area contributed by atoms with Crippen molar-refractivity contribution in [2.24, 2.45) is 0 Å². The van der Waals surface area contributed by atoms with Crippen molar-refractivity contribution < 1.29 is 28.6 Å². The molecule has 1 unspecified atom stereocenters. The van der Waals surface area contributed by atoms with Crippen molar-refractivity contribution in [2.75, 3.05) is 13.2 Å². The number of hydrogen-bond donors (Lipinski definition) is 0. The highest BCUT2D eigenvalue weighted by atomic mass is 16.6. The van der Waals surface area contributed by atoms with Crippen molar-refractivity contribution in [3.8, 4) is 0 Å². The van der Waals surface area contributed by atoms with Crippen LogP contribution in [-0.2, 0) is 28.6 Å². The molecule has 0 spiro atoms. The number of ether oxygens (including phenoxy) is 3. The summed E-state index contributed by atoms with van der Waals surface area (Å²) in [5.41, 5.74) is 0. The third-order valence-corrected chi connectivity index (χ3v) is 13.4. The summed E-state index contributed by atoms with van der Waals surface area (Å²) in [6.07, 6.45) is 71.5. The fourth-order valence-corrected chi connectivity index (χ4v) is 8.87. The fourth-order valence-electron chi connectivity index (χ4n) is 8.87. The van der Waals surface area contributed by atoms with Gasteiger partial charge in [0.15, 0.2) is 6.10 Å². The quantitative estimate of drug-likeness (QED) is 0.0262. The predicted molar refractivity (Wildman–Crippen MR) is 298 cm³/mol. The Morgan fingerprint density at radius 2 is 0.565 bits per heavy atom. The lowest BCUT2D eigenvalue weighted by Gasteiger charge is -2.18. The minimum atomic E-state index is -0.807. The Bertz CT molecular complexity index is 1200. The highest BCUT2D eigenvalue weighted by Crippen LogP contribution is 2.17. The zero-order valence-corrected chi connectivity index (χ0v) is 46.1. The third-order valence-electron chi connectivity index (χ3n) is 13.4. The van der Waals surface area contributed by atoms with Crippen LogP contribution in [0.4, 0.5) is 0 Å². The van der Waals surface area contributed by atoms with Gasteiger partial charge in [0.2, 0.25) is 0 Å². The van der Waals surface area contributed by atoms with Crippen LogP contribution in [0.1, 0.15) is 316 Å². The zero-order valence-electron chi connectivity index (χ0n) is 46.1. The largest absolute Gasteiger partial charge is 0.462 e. The lowest BCUT2D eigenvalue weighted by Crippen LogP contribution is -2.30. The van der Waals surface area contributed by atoms with E-state index in [2.05, 4.69) is 63.3 Å². The van der Waals surface area contributed by atoms with E-state index in [0.29, 0.717) is 19.3 Å². The average molecular weight is 968 g/mol. The number of hydrogen-bond acceptors (Lipinski definition) is 6. The second-order valence-corrected chi connectivity index (χ2v) is 20.2. The molecule has 0 heterocycles. The molecule has 0 saturated carbocycles. The molecular weight excluding hydrogens is 853 g/mol. The van der Waals surface area contributed by atoms with Gasteiger partial charge in [0, 0.05) is 19.3 Å². The molecule has 0 N–H and O–H groups in total. The Hall–Kier alpha value is -2.63. The lowest BCUT2D eigenvalue weighted by atomic mass is 10.0. The maximum Gasteiger partial charge on any atom is 0.306 e. The van der Waals surface area contributed by atoms with Crippen LogP contribution in [0.2, 0.25) is 0 Å². The Morgan fingerprint density at radius 3 is 0.855 bits per heavy atom. The molecule has 0 radical (unpaired) electrons. The molecule has 6 heteroatoms. The van der Waals surface area contributed by atoms with Crippen LogP contribution in [0.3, 0.4) is 0 Å². The topological polar surface area (TPSA) is 78.9 Å². The van der Waals surface area contributed by atoms with Gasteiger partial charge in [-0.15, -0.1) is 0 Å². The summed E-state index contributed by atoms with van der Waals surface area (Å²) in [5.74, 6) is -0.964. The van der Waals surface area contributed by atoms with Gasteiger partial charge < -0.3 is 14.2 Å². The Morgan fingerprint density at radius 1 is 0.304 bits per heavy atom. The number of carbonyl (C=O) groups excluding carboxylic acids is 3. The molecular formula is C63H114O6. The minimum Gasteiger partial charge on any atom is -0.462 e. The van der Waals surface area contributed by atoms with Gasteiger partial charge in [-0.2, -0.15) is 0 Å². The minimum absolute atomic E-state index is 0.0973. The average Bonchev–Trinajstić information content (AvgIpc) is 3.35. The first kappa shape index (κ1) is 66.4. The van der Waals surface area contributed by atoms with E-state index in [9.17, 15) is 14.4 Å². The molecule has 0 aromatic carbocycles. The predicted octanol–water partition coefficient (Wildman–Crippen LogP) is 20.2. The molecule has 0 aliphatic heterocycles. The third kappa shape index (κ3) is 56.2. The number of carbonyl (C=O) groups is 3. The summed E-state index contributed by atoms with van der Waals surface area (Å²) in [7, 11) is 0. The highest BCUT2D eigenvalue weighted by Gasteiger charge is 2.19. The van der Waals surface area contributed by atoms with Gasteiger partial charge in [-0.3, -0.25) is 14.4 Å². The molecule has 6 nitrogen and oxygen atoms in total. The second kappa shape index (κ2) is 57.9. The van der Waals surface area contributed by atoms with Gasteiger partial charge in [0.05, 0.1) is 0 Å². The van der Waals surface area contributed by atoms with E-state index < -0.39 is 6.10 Å². The van der Waals surface area contributed by atoms with E-state index in [1.54, 1.807) is 0 Å². The molecule has 0 aromatic heterocycles. The maximum atomic E-state index is 12.8. The molecule has 0 aliphatic rings. The van der Waals surface area contributed by atoms with Gasteiger partial charge in [0.1, 0.15) is 13.2 Å². The molecule has 1 atom stereocenters. The van der Waals surface area contributed by atoms with Crippen LogP contribution in [0.15, 0.2) is 48.6 Å². The fraction of sp³-hybridized carbons (Fsp3) is 0.825. The lowest BCUT2D eigenvalue weighted by molar-refractivity contribution is -0.166. The van der Waals surface area contributed by atoms with Crippen molar-refractivity contribution in [1.29, 1.82) is 0 Å². The molecule has 0 aliphatic carbocycles. The van der Waals surface area contributed by atoms with E-state index in [4.69, 9.17) is 14.2 Å². The second-order valence-electron chi connectivity index (χ2n) is 20.2. The highest BCUT2D eigenvalue weighted by molar-refractivity contribution is 5.71. The number of rotatable bonds is 55. The van der Waals surface area contributed by atoms with Gasteiger partial charge in [-0.05, 0) is 44.9 Å². The molecule has 0 amide bonds. The van der Waals surface area contributed by atoms with Gasteiger partial charge >= 0.3 is 17.9 Å². The van der Waals surface area contributed by atoms with Crippen molar-refractivity contribution in [3.05, 3.63) is 48.6 Å². The van der Waals surface area contributed by atoms with Crippen molar-refractivity contribution in [3.63, 3.8) is 0 Å². The van der Waals surface area contributed by atoms with E-state index in [1.165, 1.54) is 205 Å². The summed E-state index contributed by atoms with van der Waals surface area (Å²) in [6, 6.07) is 0. The van der Waals surface area contributed by atoms with Crippen molar-refractivity contribution >= 4 is 17.9 Å². The Balaban J connectivity index is 4.20. The van der Waals surface area contributed by atoms with Crippen LogP contribution < -0.4 is 0 Å². The van der Waals surface area contributed by atoms with Gasteiger partial charge in [-0.1, -0.05) is 301 Å². The first-order valence-corrected chi connectivity index (χ1v) is 30.1. The van der Waals surface area contributed by atoms with Gasteiger partial charge in [0.25, 0.3) is 0 Å². The van der Waals surface area contributed by atoms with E-state index in [-0.39, 0.29) is 37.5 Å². The summed E-state index contributed by atoms with van der Waals surface area (Å²) >= 11 is 0. The molecule has 0 rings (SSSR count). The van der Waals surface area contributed by atoms with E-state index >= 15 is 0 Å². The number of esters is 3. The Labute approximate surface area is 428 Å². The molecule has 0 bridgehead atoms. The molecule has 402 valence electrons. The zero-order chi connectivity index (χ0) is 50.0. The molecule has 0 saturated heterocycles. The normalized spacial score (nSPS) is 12.3. The molecule has 0 fully saturated rings. The standard InChI is InChI=1S/C63H114O6/c1-4-7-10-13-16-19-22-25-26-27-28-29-30-31-32-33-34-35-36-37-39-41-44-47-50-53-56-62(65)68-59-60(58-67-61(64)55-52-49-46-43-40-24-21-18-15-12-9-6-3)69-63(66)57-54-51-48-45-42-38-23-20-17-14-11-8-5-2/h8,11,17,20,38,42,48,51,60H,4-7,9-10,12-16,18-19,21-37,39-41,43-47,49-50,52-59H2,1-3H3/b11-8-,20-17-,42-38-,51-48-. The van der Waals surface area contributed by atoms with Crippen LogP contribution >= 0.6 is 0 Å². The van der Waals surface area contributed by atoms with Crippen LogP contribution in [-0.4, -0.2) is 37.2 Å². The van der Waals surface area contributed by atoms with E-state index in [0.717, 1.165) is 64.2 Å². The smallest absolute Gasteiger partial charge is 0.306 e. The summed E-state index contributed by atoms with van der Waals surface area (Å²) < 4.78 is 16.8. The van der Waals surface area contributed by atoms with Crippen LogP contribution in [0.25, 0.3) is 0 Å². The molecule has 0 aromatic rings. The summed E-state index contributed by atoms with van der Waals surface area (Å²) in [5, 5.41) is 0. The SMILES string of the molecule is CC/C=C\C/C=C\C/C=C\C/C=C\CCC(=O)OC(COC(=O)CCCCCCCCCCCCCC)COC(=O)CCCCCCCCCCCCCCCCCCCCCCCCCCCC. The summed E-state index contributed by atoms with van der Waals surface area (Å²) in [6.45, 7) is 6.50. The first-order chi connectivity index (χ1) is 34.0.